The Kier molecular flexibility index (Phi) is 7.49. The van der Waals surface area contributed by atoms with E-state index in [9.17, 15) is 0 Å². The fourth-order valence-electron chi connectivity index (χ4n) is 3.69. The van der Waals surface area contributed by atoms with E-state index < -0.39 is 0 Å². The number of benzene rings is 2. The first kappa shape index (κ1) is 23.5. The van der Waals surface area contributed by atoms with Gasteiger partial charge in [0.25, 0.3) is 0 Å². The number of aromatic nitrogens is 1. The van der Waals surface area contributed by atoms with Crippen LogP contribution in [-0.4, -0.2) is 63.6 Å². The van der Waals surface area contributed by atoms with Gasteiger partial charge in [-0.2, -0.15) is 0 Å². The van der Waals surface area contributed by atoms with Crippen LogP contribution in [0.1, 0.15) is 0 Å². The van der Waals surface area contributed by atoms with Gasteiger partial charge in [-0.25, -0.2) is 0 Å². The Morgan fingerprint density at radius 3 is 2.64 bits per heavy atom. The van der Waals surface area contributed by atoms with Crippen LogP contribution < -0.4 is 25.3 Å². The highest BCUT2D eigenvalue weighted by Gasteiger charge is 2.17. The Morgan fingerprint density at radius 2 is 1.91 bits per heavy atom. The van der Waals surface area contributed by atoms with Gasteiger partial charge < -0.3 is 30.0 Å². The molecular weight excluding hydrogens is 467 g/mol. The van der Waals surface area contributed by atoms with Gasteiger partial charge in [0.05, 0.1) is 61.2 Å². The Bertz CT molecular complexity index is 1140. The first-order valence-electron chi connectivity index (χ1n) is 10.5. The second-order valence-electron chi connectivity index (χ2n) is 7.48. The van der Waals surface area contributed by atoms with Crippen molar-refractivity contribution in [3.05, 3.63) is 40.5 Å². The molecule has 8 nitrogen and oxygen atoms in total. The second-order valence-corrected chi connectivity index (χ2v) is 8.26. The molecule has 0 bridgehead atoms. The number of pyridine rings is 1. The SMILES string of the molecule is COc1cc2c(Nc3ccc(Cl)c(OC)c3Cl)c(N)cnc2cc1OCCN1CCOCC1. The van der Waals surface area contributed by atoms with Gasteiger partial charge in [-0.05, 0) is 18.2 Å². The molecule has 1 aliphatic heterocycles. The summed E-state index contributed by atoms with van der Waals surface area (Å²) in [6.07, 6.45) is 1.59. The van der Waals surface area contributed by atoms with E-state index in [1.54, 1.807) is 25.4 Å². The molecule has 1 saturated heterocycles. The summed E-state index contributed by atoms with van der Waals surface area (Å²) in [6.45, 7) is 4.66. The van der Waals surface area contributed by atoms with Gasteiger partial charge in [0, 0.05) is 31.1 Å². The first-order chi connectivity index (χ1) is 16.0. The lowest BCUT2D eigenvalue weighted by atomic mass is 10.1. The quantitative estimate of drug-likeness (QED) is 0.471. The molecule has 0 amide bonds. The number of fused-ring (bicyclic) bond motifs is 1. The summed E-state index contributed by atoms with van der Waals surface area (Å²) in [7, 11) is 3.11. The molecule has 2 aromatic carbocycles. The highest BCUT2D eigenvalue weighted by atomic mass is 35.5. The standard InChI is InChI=1S/C23H26Cl2N4O4/c1-30-19-11-14-18(12-20(19)33-10-7-29-5-8-32-9-6-29)27-13-16(26)22(14)28-17-4-3-15(24)23(31-2)21(17)25/h3-4,11-13H,5-10,26H2,1-2H3,(H,27,28). The van der Waals surface area contributed by atoms with E-state index >= 15 is 0 Å². The van der Waals surface area contributed by atoms with E-state index in [-0.39, 0.29) is 0 Å². The van der Waals surface area contributed by atoms with E-state index in [1.807, 2.05) is 12.1 Å². The average Bonchev–Trinajstić information content (AvgIpc) is 2.83. The van der Waals surface area contributed by atoms with Crippen molar-refractivity contribution < 1.29 is 18.9 Å². The van der Waals surface area contributed by atoms with E-state index in [1.165, 1.54) is 7.11 Å². The van der Waals surface area contributed by atoms with E-state index in [0.717, 1.165) is 38.2 Å². The molecule has 0 spiro atoms. The Morgan fingerprint density at radius 1 is 1.12 bits per heavy atom. The number of hydrogen-bond donors (Lipinski definition) is 2. The van der Waals surface area contributed by atoms with Crippen molar-refractivity contribution >= 4 is 51.2 Å². The molecule has 10 heteroatoms. The summed E-state index contributed by atoms with van der Waals surface area (Å²) in [5.74, 6) is 1.58. The zero-order valence-corrected chi connectivity index (χ0v) is 20.0. The topological polar surface area (TPSA) is 91.1 Å². The van der Waals surface area contributed by atoms with Crippen LogP contribution in [0.3, 0.4) is 0 Å². The number of ether oxygens (including phenoxy) is 4. The van der Waals surface area contributed by atoms with Crippen LogP contribution >= 0.6 is 23.2 Å². The molecule has 0 unspecified atom stereocenters. The lowest BCUT2D eigenvalue weighted by molar-refractivity contribution is 0.0321. The zero-order valence-electron chi connectivity index (χ0n) is 18.5. The minimum Gasteiger partial charge on any atom is -0.494 e. The van der Waals surface area contributed by atoms with Crippen molar-refractivity contribution in [3.63, 3.8) is 0 Å². The van der Waals surface area contributed by atoms with Crippen molar-refractivity contribution in [1.82, 2.24) is 9.88 Å². The van der Waals surface area contributed by atoms with E-state index in [0.29, 0.717) is 56.5 Å². The van der Waals surface area contributed by atoms with Crippen LogP contribution in [0.4, 0.5) is 17.1 Å². The molecule has 3 N–H and O–H groups in total. The number of nitrogens with zero attached hydrogens (tertiary/aromatic N) is 2. The maximum absolute atomic E-state index is 6.49. The molecule has 0 aliphatic carbocycles. The van der Waals surface area contributed by atoms with Gasteiger partial charge in [-0.3, -0.25) is 9.88 Å². The first-order valence-corrected chi connectivity index (χ1v) is 11.3. The van der Waals surface area contributed by atoms with Crippen LogP contribution in [0.25, 0.3) is 10.9 Å². The minimum absolute atomic E-state index is 0.351. The molecule has 33 heavy (non-hydrogen) atoms. The molecular formula is C23H26Cl2N4O4. The molecule has 4 rings (SSSR count). The molecule has 1 aromatic heterocycles. The smallest absolute Gasteiger partial charge is 0.163 e. The third kappa shape index (κ3) is 5.14. The Labute approximate surface area is 202 Å². The largest absolute Gasteiger partial charge is 0.494 e. The highest BCUT2D eigenvalue weighted by molar-refractivity contribution is 6.39. The molecule has 2 heterocycles. The summed E-state index contributed by atoms with van der Waals surface area (Å²) in [4.78, 5) is 6.79. The predicted octanol–water partition coefficient (Wildman–Crippen LogP) is 4.60. The molecule has 0 saturated carbocycles. The van der Waals surface area contributed by atoms with Crippen LogP contribution in [-0.2, 0) is 4.74 Å². The van der Waals surface area contributed by atoms with Crippen molar-refractivity contribution in [2.75, 3.05) is 64.7 Å². The van der Waals surface area contributed by atoms with Crippen LogP contribution in [0.2, 0.25) is 10.0 Å². The number of rotatable bonds is 8. The summed E-state index contributed by atoms with van der Waals surface area (Å²) < 4.78 is 22.3. The summed E-state index contributed by atoms with van der Waals surface area (Å²) >= 11 is 12.7. The Hall–Kier alpha value is -2.65. The average molecular weight is 493 g/mol. The normalized spacial score (nSPS) is 14.3. The fourth-order valence-corrected chi connectivity index (χ4v) is 4.26. The number of morpholine rings is 1. The van der Waals surface area contributed by atoms with Gasteiger partial charge in [0.2, 0.25) is 0 Å². The second kappa shape index (κ2) is 10.5. The number of methoxy groups -OCH3 is 2. The van der Waals surface area contributed by atoms with Gasteiger partial charge in [-0.15, -0.1) is 0 Å². The van der Waals surface area contributed by atoms with Gasteiger partial charge in [0.15, 0.2) is 17.2 Å². The molecule has 3 aromatic rings. The molecule has 1 fully saturated rings. The molecule has 0 atom stereocenters. The van der Waals surface area contributed by atoms with Crippen molar-refractivity contribution in [1.29, 1.82) is 0 Å². The van der Waals surface area contributed by atoms with E-state index in [2.05, 4.69) is 15.2 Å². The monoisotopic (exact) mass is 492 g/mol. The molecule has 0 radical (unpaired) electrons. The van der Waals surface area contributed by atoms with Crippen molar-refractivity contribution in [2.24, 2.45) is 0 Å². The Balaban J connectivity index is 1.62. The number of anilines is 3. The van der Waals surface area contributed by atoms with Crippen LogP contribution in [0, 0.1) is 0 Å². The predicted molar refractivity (Wildman–Crippen MR) is 132 cm³/mol. The third-order valence-electron chi connectivity index (χ3n) is 5.46. The van der Waals surface area contributed by atoms with Gasteiger partial charge in [0.1, 0.15) is 11.6 Å². The lowest BCUT2D eigenvalue weighted by Crippen LogP contribution is -2.38. The maximum Gasteiger partial charge on any atom is 0.163 e. The fraction of sp³-hybridized carbons (Fsp3) is 0.348. The number of nitrogen functional groups attached to an aromatic ring is 1. The highest BCUT2D eigenvalue weighted by Crippen LogP contribution is 2.42. The number of nitrogens with one attached hydrogen (secondary N) is 1. The summed E-state index contributed by atoms with van der Waals surface area (Å²) in [5.41, 5.74) is 8.66. The number of halogens is 2. The maximum atomic E-state index is 6.49. The molecule has 1 aliphatic rings. The van der Waals surface area contributed by atoms with Gasteiger partial charge in [-0.1, -0.05) is 23.2 Å². The van der Waals surface area contributed by atoms with Gasteiger partial charge >= 0.3 is 0 Å². The minimum atomic E-state index is 0.351. The van der Waals surface area contributed by atoms with Crippen LogP contribution in [0.5, 0.6) is 17.2 Å². The van der Waals surface area contributed by atoms with Crippen molar-refractivity contribution in [2.45, 2.75) is 0 Å². The number of hydrogen-bond acceptors (Lipinski definition) is 8. The summed E-state index contributed by atoms with van der Waals surface area (Å²) in [6, 6.07) is 7.17. The van der Waals surface area contributed by atoms with Crippen LogP contribution in [0.15, 0.2) is 30.5 Å². The number of nitrogens with two attached hydrogens (primary N) is 1. The van der Waals surface area contributed by atoms with E-state index in [4.69, 9.17) is 47.9 Å². The zero-order chi connectivity index (χ0) is 23.4. The lowest BCUT2D eigenvalue weighted by Gasteiger charge is -2.26. The third-order valence-corrected chi connectivity index (χ3v) is 6.14. The summed E-state index contributed by atoms with van der Waals surface area (Å²) in [5, 5.41) is 4.82. The van der Waals surface area contributed by atoms with Crippen molar-refractivity contribution in [3.8, 4) is 17.2 Å². The molecule has 176 valence electrons.